The summed E-state index contributed by atoms with van der Waals surface area (Å²) in [7, 11) is 0. The van der Waals surface area contributed by atoms with Crippen molar-refractivity contribution < 1.29 is 37.5 Å². The summed E-state index contributed by atoms with van der Waals surface area (Å²) < 4.78 is 0. The fourth-order valence-electron chi connectivity index (χ4n) is 2.53. The van der Waals surface area contributed by atoms with Crippen molar-refractivity contribution in [2.45, 2.75) is 18.8 Å². The van der Waals surface area contributed by atoms with Crippen LogP contribution < -0.4 is 5.43 Å². The minimum atomic E-state index is -0.240. The molecular weight excluding hydrogens is 337 g/mol. The van der Waals surface area contributed by atoms with E-state index in [4.69, 9.17) is 0 Å². The van der Waals surface area contributed by atoms with Gasteiger partial charge in [0, 0.05) is 44.8 Å². The van der Waals surface area contributed by atoms with E-state index in [9.17, 15) is 4.79 Å². The minimum Gasteiger partial charge on any atom is -0.272 e. The number of nitrogens with one attached hydrogen (secondary N) is 1. The molecule has 1 aliphatic heterocycles. The predicted octanol–water partition coefficient (Wildman–Crippen LogP) is 2.78. The molecule has 1 amide bonds. The molecule has 0 bridgehead atoms. The van der Waals surface area contributed by atoms with E-state index < -0.39 is 0 Å². The second-order valence-electron chi connectivity index (χ2n) is 5.00. The van der Waals surface area contributed by atoms with Crippen LogP contribution >= 0.6 is 0 Å². The molecule has 2 aromatic rings. The fraction of sp³-hybridized carbons (Fsp3) is 0.176. The number of rotatable bonds is 2. The smallest absolute Gasteiger partial charge is 0.248 e. The van der Waals surface area contributed by atoms with Crippen LogP contribution in [0.4, 0.5) is 0 Å². The van der Waals surface area contributed by atoms with Gasteiger partial charge in [0.05, 0.1) is 5.92 Å². The zero-order chi connectivity index (χ0) is 13.9. The number of carbonyl (C=O) groups is 1. The summed E-state index contributed by atoms with van der Waals surface area (Å²) in [6.45, 7) is 2.04. The van der Waals surface area contributed by atoms with Gasteiger partial charge in [-0.15, -0.1) is 5.56 Å². The number of benzene rings is 2. The first-order chi connectivity index (χ1) is 9.75. The molecule has 0 fully saturated rings. The summed E-state index contributed by atoms with van der Waals surface area (Å²) in [5, 5.41) is 3.97. The second kappa shape index (κ2) is 7.10. The molecule has 1 radical (unpaired) electrons. The number of hydrazone groups is 1. The minimum absolute atomic E-state index is 0. The Labute approximate surface area is 149 Å². The molecule has 2 unspecified atom stereocenters. The summed E-state index contributed by atoms with van der Waals surface area (Å²) in [6, 6.07) is 18.8. The summed E-state index contributed by atoms with van der Waals surface area (Å²) in [6.07, 6.45) is 1.81. The van der Waals surface area contributed by atoms with Crippen LogP contribution in [0, 0.1) is 13.0 Å². The van der Waals surface area contributed by atoms with Crippen molar-refractivity contribution in [3.05, 3.63) is 71.3 Å². The number of hydrogen-bond acceptors (Lipinski definition) is 2. The standard InChI is InChI=1S/C17H15N2O.Y/c1-12-7-9-14(10-8-12)16-15(11-18-19-17(16)20)13-5-3-2-4-6-13;/h3-11,15-16H,1H3,(H,19,20);/q-1;. The quantitative estimate of drug-likeness (QED) is 0.830. The Morgan fingerprint density at radius 1 is 1.05 bits per heavy atom. The van der Waals surface area contributed by atoms with Gasteiger partial charge in [0.2, 0.25) is 5.91 Å². The number of aryl methyl sites for hydroxylation is 1. The van der Waals surface area contributed by atoms with Crippen LogP contribution in [0.15, 0.2) is 53.6 Å². The fourth-order valence-corrected chi connectivity index (χ4v) is 2.53. The monoisotopic (exact) mass is 352 g/mol. The Morgan fingerprint density at radius 2 is 1.71 bits per heavy atom. The van der Waals surface area contributed by atoms with Crippen LogP contribution in [-0.4, -0.2) is 12.1 Å². The van der Waals surface area contributed by atoms with E-state index in [1.807, 2.05) is 55.5 Å². The number of amides is 1. The molecule has 3 rings (SSSR count). The molecule has 1 heterocycles. The first-order valence-electron chi connectivity index (χ1n) is 6.61. The summed E-state index contributed by atoms with van der Waals surface area (Å²) in [5.74, 6) is -0.342. The van der Waals surface area contributed by atoms with Crippen molar-refractivity contribution in [2.75, 3.05) is 0 Å². The first-order valence-corrected chi connectivity index (χ1v) is 6.61. The Kier molecular flexibility index (Phi) is 5.43. The normalized spacial score (nSPS) is 20.5. The molecule has 1 aliphatic rings. The van der Waals surface area contributed by atoms with Crippen molar-refractivity contribution in [3.8, 4) is 0 Å². The maximum absolute atomic E-state index is 12.2. The van der Waals surface area contributed by atoms with Crippen LogP contribution in [0.3, 0.4) is 0 Å². The van der Waals surface area contributed by atoms with Gasteiger partial charge in [0.1, 0.15) is 0 Å². The van der Waals surface area contributed by atoms with Gasteiger partial charge in [-0.1, -0.05) is 29.8 Å². The number of carbonyl (C=O) groups excluding carboxylic acids is 1. The Morgan fingerprint density at radius 3 is 2.38 bits per heavy atom. The first kappa shape index (κ1) is 16.1. The van der Waals surface area contributed by atoms with Crippen LogP contribution in [0.25, 0.3) is 0 Å². The molecule has 2 atom stereocenters. The van der Waals surface area contributed by atoms with Crippen molar-refractivity contribution in [1.29, 1.82) is 0 Å². The van der Waals surface area contributed by atoms with E-state index in [0.717, 1.165) is 11.1 Å². The molecule has 1 N–H and O–H groups in total. The van der Waals surface area contributed by atoms with E-state index in [1.54, 1.807) is 6.21 Å². The van der Waals surface area contributed by atoms with Crippen LogP contribution in [-0.2, 0) is 37.5 Å². The van der Waals surface area contributed by atoms with Gasteiger partial charge in [-0.25, -0.2) is 5.43 Å². The number of hydrogen-bond donors (Lipinski definition) is 1. The molecule has 0 saturated heterocycles. The van der Waals surface area contributed by atoms with Gasteiger partial charge in [0.25, 0.3) is 0 Å². The number of nitrogens with zero attached hydrogens (tertiary/aromatic N) is 1. The SMILES string of the molecule is Cc1ccc(C2C(=O)NN=CC2c2cc[c-]cc2)cc1.[Y]. The Balaban J connectivity index is 0.00000161. The van der Waals surface area contributed by atoms with E-state index in [0.29, 0.717) is 0 Å². The molecule has 3 nitrogen and oxygen atoms in total. The Hall–Kier alpha value is -1.32. The van der Waals surface area contributed by atoms with E-state index >= 15 is 0 Å². The van der Waals surface area contributed by atoms with Gasteiger partial charge in [-0.3, -0.25) is 4.79 Å². The molecule has 0 saturated carbocycles. The van der Waals surface area contributed by atoms with Gasteiger partial charge < -0.3 is 0 Å². The molecule has 4 heteroatoms. The van der Waals surface area contributed by atoms with Crippen molar-refractivity contribution in [2.24, 2.45) is 5.10 Å². The zero-order valence-electron chi connectivity index (χ0n) is 11.8. The third-order valence-electron chi connectivity index (χ3n) is 3.62. The average Bonchev–Trinajstić information content (AvgIpc) is 2.49. The topological polar surface area (TPSA) is 41.5 Å². The Bertz CT molecular complexity index is 638. The third kappa shape index (κ3) is 3.48. The van der Waals surface area contributed by atoms with Crippen molar-refractivity contribution in [3.63, 3.8) is 0 Å². The molecule has 0 aliphatic carbocycles. The van der Waals surface area contributed by atoms with Gasteiger partial charge in [-0.2, -0.15) is 35.4 Å². The van der Waals surface area contributed by atoms with Crippen LogP contribution in [0.1, 0.15) is 28.5 Å². The third-order valence-corrected chi connectivity index (χ3v) is 3.62. The van der Waals surface area contributed by atoms with Crippen LogP contribution in [0.2, 0.25) is 0 Å². The second-order valence-corrected chi connectivity index (χ2v) is 5.00. The molecular formula is C17H15N2OY-. The summed E-state index contributed by atoms with van der Waals surface area (Å²) >= 11 is 0. The summed E-state index contributed by atoms with van der Waals surface area (Å²) in [5.41, 5.74) is 5.84. The van der Waals surface area contributed by atoms with E-state index in [2.05, 4.69) is 16.6 Å². The molecule has 0 aromatic heterocycles. The van der Waals surface area contributed by atoms with Crippen molar-refractivity contribution in [1.82, 2.24) is 5.43 Å². The maximum Gasteiger partial charge on any atom is 0.248 e. The van der Waals surface area contributed by atoms with E-state index in [-0.39, 0.29) is 50.5 Å². The molecule has 21 heavy (non-hydrogen) atoms. The van der Waals surface area contributed by atoms with Crippen molar-refractivity contribution >= 4 is 12.1 Å². The predicted molar refractivity (Wildman–Crippen MR) is 78.6 cm³/mol. The van der Waals surface area contributed by atoms with Gasteiger partial charge in [-0.05, 0) is 12.5 Å². The van der Waals surface area contributed by atoms with Gasteiger partial charge in [0.15, 0.2) is 0 Å². The average molecular weight is 352 g/mol. The maximum atomic E-state index is 12.2. The zero-order valence-corrected chi connectivity index (χ0v) is 14.6. The molecule has 103 valence electrons. The van der Waals surface area contributed by atoms with Crippen LogP contribution in [0.5, 0.6) is 0 Å². The van der Waals surface area contributed by atoms with E-state index in [1.165, 1.54) is 5.56 Å². The molecule has 0 spiro atoms. The largest absolute Gasteiger partial charge is 0.272 e. The molecule has 2 aromatic carbocycles. The summed E-state index contributed by atoms with van der Waals surface area (Å²) in [4.78, 5) is 12.2. The van der Waals surface area contributed by atoms with Gasteiger partial charge >= 0.3 is 0 Å².